The van der Waals surface area contributed by atoms with Gasteiger partial charge in [-0.15, -0.1) is 0 Å². The van der Waals surface area contributed by atoms with Gasteiger partial charge < -0.3 is 20.5 Å². The standard InChI is InChI=1S/C21H22N2O5/c22-18(24)14-28-17-8-6-15(7-9-17)19(25)23-12-10-21(11-13-23,20(26)27)16-4-2-1-3-5-16/h1-9H,10-14H2,(H2,22,24)(H,26,27). The van der Waals surface area contributed by atoms with E-state index in [4.69, 9.17) is 10.5 Å². The first kappa shape index (κ1) is 19.4. The van der Waals surface area contributed by atoms with Crippen LogP contribution >= 0.6 is 0 Å². The zero-order chi connectivity index (χ0) is 20.1. The molecule has 1 fully saturated rings. The second-order valence-electron chi connectivity index (χ2n) is 6.82. The molecule has 1 aliphatic heterocycles. The Morgan fingerprint density at radius 2 is 1.61 bits per heavy atom. The predicted octanol–water partition coefficient (Wildman–Crippen LogP) is 1.81. The van der Waals surface area contributed by atoms with Gasteiger partial charge in [0.05, 0.1) is 5.41 Å². The second kappa shape index (κ2) is 8.12. The van der Waals surface area contributed by atoms with Crippen LogP contribution in [0.25, 0.3) is 0 Å². The van der Waals surface area contributed by atoms with Crippen LogP contribution in [0.3, 0.4) is 0 Å². The number of carbonyl (C=O) groups is 3. The molecule has 3 N–H and O–H groups in total. The van der Waals surface area contributed by atoms with Gasteiger partial charge >= 0.3 is 5.97 Å². The molecule has 1 saturated heterocycles. The number of piperidine rings is 1. The lowest BCUT2D eigenvalue weighted by atomic mass is 9.73. The molecule has 146 valence electrons. The number of likely N-dealkylation sites (tertiary alicyclic amines) is 1. The molecule has 1 heterocycles. The summed E-state index contributed by atoms with van der Waals surface area (Å²) in [6, 6.07) is 15.6. The molecule has 0 atom stereocenters. The van der Waals surface area contributed by atoms with E-state index in [1.165, 1.54) is 0 Å². The molecule has 0 saturated carbocycles. The van der Waals surface area contributed by atoms with Crippen LogP contribution in [0.1, 0.15) is 28.8 Å². The molecule has 28 heavy (non-hydrogen) atoms. The normalized spacial score (nSPS) is 15.6. The van der Waals surface area contributed by atoms with E-state index in [0.717, 1.165) is 5.56 Å². The van der Waals surface area contributed by atoms with E-state index in [0.29, 0.717) is 37.2 Å². The van der Waals surface area contributed by atoms with Gasteiger partial charge in [-0.1, -0.05) is 30.3 Å². The zero-order valence-electron chi connectivity index (χ0n) is 15.3. The van der Waals surface area contributed by atoms with Crippen LogP contribution in [-0.4, -0.2) is 47.5 Å². The van der Waals surface area contributed by atoms with Gasteiger partial charge in [0.1, 0.15) is 5.75 Å². The van der Waals surface area contributed by atoms with Crippen LogP contribution in [0, 0.1) is 0 Å². The lowest BCUT2D eigenvalue weighted by Crippen LogP contribution is -2.49. The minimum Gasteiger partial charge on any atom is -0.484 e. The summed E-state index contributed by atoms with van der Waals surface area (Å²) in [6.07, 6.45) is 0.718. The molecule has 1 aliphatic rings. The quantitative estimate of drug-likeness (QED) is 0.792. The fourth-order valence-corrected chi connectivity index (χ4v) is 3.51. The number of ether oxygens (including phenoxy) is 1. The summed E-state index contributed by atoms with van der Waals surface area (Å²) in [5, 5.41) is 9.85. The molecule has 2 aromatic rings. The summed E-state index contributed by atoms with van der Waals surface area (Å²) in [5.41, 5.74) is 5.32. The molecule has 2 aromatic carbocycles. The van der Waals surface area contributed by atoms with Gasteiger partial charge in [0.15, 0.2) is 6.61 Å². The number of carbonyl (C=O) groups excluding carboxylic acids is 2. The van der Waals surface area contributed by atoms with Crippen molar-refractivity contribution in [3.05, 3.63) is 65.7 Å². The van der Waals surface area contributed by atoms with E-state index in [1.54, 1.807) is 29.2 Å². The predicted molar refractivity (Wildman–Crippen MR) is 102 cm³/mol. The summed E-state index contributed by atoms with van der Waals surface area (Å²) < 4.78 is 5.19. The molecule has 7 heteroatoms. The largest absolute Gasteiger partial charge is 0.484 e. The summed E-state index contributed by atoms with van der Waals surface area (Å²) in [5.74, 6) is -1.15. The van der Waals surface area contributed by atoms with Gasteiger partial charge in [0.2, 0.25) is 0 Å². The third-order valence-electron chi connectivity index (χ3n) is 5.12. The number of nitrogens with two attached hydrogens (primary N) is 1. The van der Waals surface area contributed by atoms with Crippen molar-refractivity contribution in [2.75, 3.05) is 19.7 Å². The van der Waals surface area contributed by atoms with E-state index in [9.17, 15) is 19.5 Å². The lowest BCUT2D eigenvalue weighted by Gasteiger charge is -2.39. The third kappa shape index (κ3) is 3.98. The number of carboxylic acids is 1. The Morgan fingerprint density at radius 1 is 1.00 bits per heavy atom. The first-order chi connectivity index (χ1) is 13.4. The summed E-state index contributed by atoms with van der Waals surface area (Å²) in [7, 11) is 0. The topological polar surface area (TPSA) is 110 Å². The Hall–Kier alpha value is -3.35. The first-order valence-corrected chi connectivity index (χ1v) is 9.02. The molecule has 7 nitrogen and oxygen atoms in total. The number of nitrogens with zero attached hydrogens (tertiary/aromatic N) is 1. The van der Waals surface area contributed by atoms with Crippen molar-refractivity contribution in [2.45, 2.75) is 18.3 Å². The number of hydrogen-bond donors (Lipinski definition) is 2. The maximum Gasteiger partial charge on any atom is 0.314 e. The Kier molecular flexibility index (Phi) is 5.63. The van der Waals surface area contributed by atoms with E-state index >= 15 is 0 Å². The number of primary amides is 1. The summed E-state index contributed by atoms with van der Waals surface area (Å²) in [4.78, 5) is 37.2. The lowest BCUT2D eigenvalue weighted by molar-refractivity contribution is -0.145. The number of benzene rings is 2. The average molecular weight is 382 g/mol. The number of carboxylic acid groups (broad SMARTS) is 1. The van der Waals surface area contributed by atoms with E-state index in [2.05, 4.69) is 0 Å². The number of aliphatic carboxylic acids is 1. The van der Waals surface area contributed by atoms with Gasteiger partial charge in [-0.05, 0) is 42.7 Å². The van der Waals surface area contributed by atoms with Crippen LogP contribution in [0.15, 0.2) is 54.6 Å². The zero-order valence-corrected chi connectivity index (χ0v) is 15.3. The molecule has 0 radical (unpaired) electrons. The Balaban J connectivity index is 1.68. The Bertz CT molecular complexity index is 856. The molecule has 0 spiro atoms. The molecular weight excluding hydrogens is 360 g/mol. The highest BCUT2D eigenvalue weighted by atomic mass is 16.5. The molecular formula is C21H22N2O5. The van der Waals surface area contributed by atoms with Gasteiger partial charge in [0.25, 0.3) is 11.8 Å². The third-order valence-corrected chi connectivity index (χ3v) is 5.12. The molecule has 2 amide bonds. The van der Waals surface area contributed by atoms with Crippen LogP contribution in [0.2, 0.25) is 0 Å². The molecule has 3 rings (SSSR count). The van der Waals surface area contributed by atoms with Crippen molar-refractivity contribution in [1.29, 1.82) is 0 Å². The maximum atomic E-state index is 12.8. The van der Waals surface area contributed by atoms with Gasteiger partial charge in [-0.2, -0.15) is 0 Å². The summed E-state index contributed by atoms with van der Waals surface area (Å²) >= 11 is 0. The highest BCUT2D eigenvalue weighted by molar-refractivity contribution is 5.94. The van der Waals surface area contributed by atoms with Crippen LogP contribution in [-0.2, 0) is 15.0 Å². The monoisotopic (exact) mass is 382 g/mol. The highest BCUT2D eigenvalue weighted by Crippen LogP contribution is 2.36. The molecule has 0 aliphatic carbocycles. The second-order valence-corrected chi connectivity index (χ2v) is 6.82. The van der Waals surface area contributed by atoms with E-state index in [1.807, 2.05) is 30.3 Å². The van der Waals surface area contributed by atoms with Crippen LogP contribution < -0.4 is 10.5 Å². The Labute approximate surface area is 162 Å². The Morgan fingerprint density at radius 3 is 2.14 bits per heavy atom. The fraction of sp³-hybridized carbons (Fsp3) is 0.286. The van der Waals surface area contributed by atoms with Crippen molar-refractivity contribution in [1.82, 2.24) is 4.90 Å². The van der Waals surface area contributed by atoms with Gasteiger partial charge in [-0.3, -0.25) is 14.4 Å². The van der Waals surface area contributed by atoms with Crippen molar-refractivity contribution < 1.29 is 24.2 Å². The highest BCUT2D eigenvalue weighted by Gasteiger charge is 2.43. The van der Waals surface area contributed by atoms with Crippen LogP contribution in [0.5, 0.6) is 5.75 Å². The van der Waals surface area contributed by atoms with Crippen molar-refractivity contribution >= 4 is 17.8 Å². The summed E-state index contributed by atoms with van der Waals surface area (Å²) in [6.45, 7) is 0.496. The van der Waals surface area contributed by atoms with Crippen LogP contribution in [0.4, 0.5) is 0 Å². The number of amides is 2. The first-order valence-electron chi connectivity index (χ1n) is 9.02. The maximum absolute atomic E-state index is 12.8. The van der Waals surface area contributed by atoms with Gasteiger partial charge in [0, 0.05) is 18.7 Å². The SMILES string of the molecule is NC(=O)COc1ccc(C(=O)N2CCC(C(=O)O)(c3ccccc3)CC2)cc1. The van der Waals surface area contributed by atoms with E-state index < -0.39 is 17.3 Å². The smallest absolute Gasteiger partial charge is 0.314 e. The van der Waals surface area contributed by atoms with E-state index in [-0.39, 0.29) is 12.5 Å². The minimum atomic E-state index is -0.968. The molecule has 0 bridgehead atoms. The molecule has 0 aromatic heterocycles. The number of hydrogen-bond acceptors (Lipinski definition) is 4. The van der Waals surface area contributed by atoms with Gasteiger partial charge in [-0.25, -0.2) is 0 Å². The number of rotatable bonds is 6. The fourth-order valence-electron chi connectivity index (χ4n) is 3.51. The average Bonchev–Trinajstić information content (AvgIpc) is 2.72. The van der Waals surface area contributed by atoms with Crippen molar-refractivity contribution in [3.63, 3.8) is 0 Å². The van der Waals surface area contributed by atoms with Crippen molar-refractivity contribution in [3.8, 4) is 5.75 Å². The minimum absolute atomic E-state index is 0.159. The molecule has 0 unspecified atom stereocenters. The van der Waals surface area contributed by atoms with Crippen molar-refractivity contribution in [2.24, 2.45) is 5.73 Å².